The first-order valence-corrected chi connectivity index (χ1v) is 5.35. The molecule has 0 saturated heterocycles. The lowest BCUT2D eigenvalue weighted by Gasteiger charge is -2.13. The molecule has 1 aromatic rings. The molecule has 0 aromatic heterocycles. The molecule has 0 radical (unpaired) electrons. The summed E-state index contributed by atoms with van der Waals surface area (Å²) in [4.78, 5) is 9.02. The third kappa shape index (κ3) is 1.03. The second-order valence-corrected chi connectivity index (χ2v) is 4.32. The first kappa shape index (κ1) is 8.77. The number of guanidine groups is 1. The highest BCUT2D eigenvalue weighted by Crippen LogP contribution is 2.39. The molecule has 0 amide bonds. The van der Waals surface area contributed by atoms with Crippen molar-refractivity contribution in [2.75, 3.05) is 29.9 Å². The van der Waals surface area contributed by atoms with Gasteiger partial charge in [0.1, 0.15) is 0 Å². The van der Waals surface area contributed by atoms with Gasteiger partial charge in [0.2, 0.25) is 5.96 Å². The summed E-state index contributed by atoms with van der Waals surface area (Å²) in [7, 11) is 2.09. The average molecular weight is 201 g/mol. The van der Waals surface area contributed by atoms with Crippen molar-refractivity contribution in [1.82, 2.24) is 0 Å². The molecule has 2 aliphatic heterocycles. The molecule has 15 heavy (non-hydrogen) atoms. The minimum Gasteiger partial charge on any atom is -0.313 e. The summed E-state index contributed by atoms with van der Waals surface area (Å²) < 4.78 is 0. The summed E-state index contributed by atoms with van der Waals surface area (Å²) in [5.41, 5.74) is 5.31. The Bertz CT molecular complexity index is 462. The van der Waals surface area contributed by atoms with Crippen molar-refractivity contribution >= 4 is 17.3 Å². The molecule has 0 fully saturated rings. The van der Waals surface area contributed by atoms with Crippen LogP contribution in [-0.2, 0) is 0 Å². The number of hydrogen-bond acceptors (Lipinski definition) is 3. The highest BCUT2D eigenvalue weighted by molar-refractivity contribution is 6.16. The van der Waals surface area contributed by atoms with Crippen LogP contribution in [0.1, 0.15) is 11.1 Å². The molecule has 0 spiro atoms. The molecular weight excluding hydrogens is 186 g/mol. The monoisotopic (exact) mass is 201 g/mol. The molecule has 0 unspecified atom stereocenters. The van der Waals surface area contributed by atoms with E-state index in [-0.39, 0.29) is 0 Å². The molecule has 0 N–H and O–H groups in total. The van der Waals surface area contributed by atoms with Crippen LogP contribution in [-0.4, -0.2) is 26.1 Å². The van der Waals surface area contributed by atoms with Crippen molar-refractivity contribution in [2.45, 2.75) is 13.8 Å². The van der Waals surface area contributed by atoms with E-state index in [0.29, 0.717) is 0 Å². The van der Waals surface area contributed by atoms with Crippen LogP contribution in [0.3, 0.4) is 0 Å². The molecule has 78 valence electrons. The number of fused-ring (bicyclic) bond motifs is 3. The van der Waals surface area contributed by atoms with Gasteiger partial charge in [0, 0.05) is 13.6 Å². The number of anilines is 2. The van der Waals surface area contributed by atoms with Gasteiger partial charge in [-0.2, -0.15) is 0 Å². The summed E-state index contributed by atoms with van der Waals surface area (Å²) in [5, 5.41) is 0. The molecule has 2 aliphatic rings. The number of rotatable bonds is 0. The van der Waals surface area contributed by atoms with Crippen LogP contribution in [0.4, 0.5) is 11.4 Å². The third-order valence-electron chi connectivity index (χ3n) is 3.36. The van der Waals surface area contributed by atoms with E-state index in [4.69, 9.17) is 0 Å². The Hall–Kier alpha value is -1.51. The fourth-order valence-electron chi connectivity index (χ4n) is 2.33. The van der Waals surface area contributed by atoms with Crippen LogP contribution in [0, 0.1) is 13.8 Å². The van der Waals surface area contributed by atoms with Crippen LogP contribution < -0.4 is 9.80 Å². The quantitative estimate of drug-likeness (QED) is 0.638. The van der Waals surface area contributed by atoms with E-state index in [1.54, 1.807) is 0 Å². The maximum absolute atomic E-state index is 4.52. The first-order valence-electron chi connectivity index (χ1n) is 5.35. The Balaban J connectivity index is 2.22. The number of aliphatic imine (C=N–C) groups is 1. The summed E-state index contributed by atoms with van der Waals surface area (Å²) >= 11 is 0. The Kier molecular flexibility index (Phi) is 1.61. The van der Waals surface area contributed by atoms with Gasteiger partial charge >= 0.3 is 0 Å². The second kappa shape index (κ2) is 2.75. The van der Waals surface area contributed by atoms with Crippen molar-refractivity contribution in [2.24, 2.45) is 4.99 Å². The van der Waals surface area contributed by atoms with Crippen molar-refractivity contribution in [3.8, 4) is 0 Å². The van der Waals surface area contributed by atoms with Crippen molar-refractivity contribution < 1.29 is 0 Å². The molecule has 0 aliphatic carbocycles. The lowest BCUT2D eigenvalue weighted by molar-refractivity contribution is 1.02. The van der Waals surface area contributed by atoms with Crippen molar-refractivity contribution in [3.05, 3.63) is 23.3 Å². The fraction of sp³-hybridized carbons (Fsp3) is 0.417. The fourth-order valence-corrected chi connectivity index (χ4v) is 2.33. The van der Waals surface area contributed by atoms with Gasteiger partial charge < -0.3 is 9.80 Å². The molecule has 3 nitrogen and oxygen atoms in total. The van der Waals surface area contributed by atoms with Crippen LogP contribution >= 0.6 is 0 Å². The van der Waals surface area contributed by atoms with E-state index >= 15 is 0 Å². The topological polar surface area (TPSA) is 18.8 Å². The van der Waals surface area contributed by atoms with Crippen molar-refractivity contribution in [3.63, 3.8) is 0 Å². The normalized spacial score (nSPS) is 17.9. The smallest absolute Gasteiger partial charge is 0.205 e. The number of hydrogen-bond donors (Lipinski definition) is 0. The SMILES string of the molecule is Cc1cc2c(cc1C)N1CCN=C1N2C. The highest BCUT2D eigenvalue weighted by atomic mass is 15.4. The summed E-state index contributed by atoms with van der Waals surface area (Å²) in [6.07, 6.45) is 0. The van der Waals surface area contributed by atoms with E-state index in [1.807, 2.05) is 0 Å². The van der Waals surface area contributed by atoms with Gasteiger partial charge in [0.05, 0.1) is 17.9 Å². The van der Waals surface area contributed by atoms with Gasteiger partial charge in [0.25, 0.3) is 0 Å². The minimum absolute atomic E-state index is 0.923. The minimum atomic E-state index is 0.923. The van der Waals surface area contributed by atoms with Crippen LogP contribution in [0.15, 0.2) is 17.1 Å². The zero-order valence-electron chi connectivity index (χ0n) is 9.41. The third-order valence-corrected chi connectivity index (χ3v) is 3.36. The average Bonchev–Trinajstić information content (AvgIpc) is 2.75. The van der Waals surface area contributed by atoms with Crippen molar-refractivity contribution in [1.29, 1.82) is 0 Å². The van der Waals surface area contributed by atoms with Gasteiger partial charge in [-0.05, 0) is 37.1 Å². The largest absolute Gasteiger partial charge is 0.313 e. The lowest BCUT2D eigenvalue weighted by atomic mass is 10.1. The Morgan fingerprint density at radius 2 is 1.80 bits per heavy atom. The van der Waals surface area contributed by atoms with Gasteiger partial charge in [-0.25, -0.2) is 0 Å². The maximum atomic E-state index is 4.52. The summed E-state index contributed by atoms with van der Waals surface area (Å²) in [6.45, 7) is 6.27. The van der Waals surface area contributed by atoms with E-state index in [1.165, 1.54) is 22.5 Å². The van der Waals surface area contributed by atoms with Crippen LogP contribution in [0.5, 0.6) is 0 Å². The summed E-state index contributed by atoms with van der Waals surface area (Å²) in [6, 6.07) is 4.53. The molecule has 0 saturated carbocycles. The Labute approximate surface area is 90.0 Å². The number of aryl methyl sites for hydroxylation is 2. The highest BCUT2D eigenvalue weighted by Gasteiger charge is 2.33. The van der Waals surface area contributed by atoms with Gasteiger partial charge in [-0.15, -0.1) is 0 Å². The van der Waals surface area contributed by atoms with E-state index in [9.17, 15) is 0 Å². The molecule has 0 atom stereocenters. The summed E-state index contributed by atoms with van der Waals surface area (Å²) in [5.74, 6) is 1.11. The zero-order valence-corrected chi connectivity index (χ0v) is 9.41. The Morgan fingerprint density at radius 3 is 2.53 bits per heavy atom. The van der Waals surface area contributed by atoms with Gasteiger partial charge in [0.15, 0.2) is 0 Å². The molecular formula is C12H15N3. The standard InChI is InChI=1S/C12H15N3/c1-8-6-10-11(7-9(8)2)15-5-4-13-12(15)14(10)3/h6-7H,4-5H2,1-3H3. The van der Waals surface area contributed by atoms with Gasteiger partial charge in [-0.1, -0.05) is 0 Å². The second-order valence-electron chi connectivity index (χ2n) is 4.32. The van der Waals surface area contributed by atoms with Crippen LogP contribution in [0.25, 0.3) is 0 Å². The number of benzene rings is 1. The van der Waals surface area contributed by atoms with E-state index in [2.05, 4.69) is 47.8 Å². The Morgan fingerprint density at radius 1 is 1.13 bits per heavy atom. The molecule has 3 heteroatoms. The number of nitrogens with zero attached hydrogens (tertiary/aromatic N) is 3. The molecule has 0 bridgehead atoms. The van der Waals surface area contributed by atoms with Gasteiger partial charge in [-0.3, -0.25) is 4.99 Å². The lowest BCUT2D eigenvalue weighted by Crippen LogP contribution is -2.32. The predicted molar refractivity (Wildman–Crippen MR) is 64.0 cm³/mol. The molecule has 2 heterocycles. The predicted octanol–water partition coefficient (Wildman–Crippen LogP) is 1.93. The zero-order chi connectivity index (χ0) is 10.6. The molecule has 1 aromatic carbocycles. The molecule has 3 rings (SSSR count). The van der Waals surface area contributed by atoms with E-state index in [0.717, 1.165) is 19.0 Å². The van der Waals surface area contributed by atoms with E-state index < -0.39 is 0 Å². The first-order chi connectivity index (χ1) is 7.18. The van der Waals surface area contributed by atoms with Crippen LogP contribution in [0.2, 0.25) is 0 Å². The maximum Gasteiger partial charge on any atom is 0.205 e.